The Labute approximate surface area is 140 Å². The molecule has 23 heavy (non-hydrogen) atoms. The molecule has 2 aromatic rings. The van der Waals surface area contributed by atoms with E-state index in [0.29, 0.717) is 5.01 Å². The van der Waals surface area contributed by atoms with E-state index in [4.69, 9.17) is 0 Å². The van der Waals surface area contributed by atoms with Gasteiger partial charge in [0.05, 0.1) is 6.20 Å². The molecule has 8 heteroatoms. The smallest absolute Gasteiger partial charge is 0.326 e. The number of alkyl halides is 3. The maximum atomic E-state index is 12.8. The number of halogens is 3. The molecule has 2 aromatic heterocycles. The Morgan fingerprint density at radius 3 is 2.57 bits per heavy atom. The van der Waals surface area contributed by atoms with Crippen LogP contribution in [0.3, 0.4) is 0 Å². The molecule has 2 rings (SSSR count). The third kappa shape index (κ3) is 4.54. The summed E-state index contributed by atoms with van der Waals surface area (Å²) < 4.78 is 38.5. The third-order valence-corrected chi connectivity index (χ3v) is 5.27. The van der Waals surface area contributed by atoms with Gasteiger partial charge in [0.2, 0.25) is 0 Å². The summed E-state index contributed by atoms with van der Waals surface area (Å²) in [6.45, 7) is 3.97. The van der Waals surface area contributed by atoms with Crippen LogP contribution in [-0.4, -0.2) is 34.6 Å². The fraction of sp³-hybridized carbons (Fsp3) is 0.467. The molecule has 0 unspecified atom stereocenters. The molecular formula is C15H17F3N2OS2. The highest BCUT2D eigenvalue weighted by Crippen LogP contribution is 2.29. The van der Waals surface area contributed by atoms with Gasteiger partial charge < -0.3 is 4.90 Å². The van der Waals surface area contributed by atoms with Gasteiger partial charge in [0.25, 0.3) is 5.91 Å². The maximum Gasteiger partial charge on any atom is 0.406 e. The van der Waals surface area contributed by atoms with E-state index >= 15 is 0 Å². The van der Waals surface area contributed by atoms with Crippen molar-refractivity contribution in [2.45, 2.75) is 33.0 Å². The molecule has 2 heterocycles. The molecule has 1 amide bonds. The van der Waals surface area contributed by atoms with Crippen LogP contribution in [0.4, 0.5) is 13.2 Å². The van der Waals surface area contributed by atoms with Crippen LogP contribution < -0.4 is 0 Å². The van der Waals surface area contributed by atoms with Crippen LogP contribution in [-0.2, 0) is 0 Å². The van der Waals surface area contributed by atoms with E-state index in [1.54, 1.807) is 20.8 Å². The Hall–Kier alpha value is -1.41. The van der Waals surface area contributed by atoms with Crippen molar-refractivity contribution in [1.29, 1.82) is 0 Å². The third-order valence-electron chi connectivity index (χ3n) is 3.55. The molecule has 1 atom stereocenters. The van der Waals surface area contributed by atoms with Crippen molar-refractivity contribution in [1.82, 2.24) is 9.88 Å². The summed E-state index contributed by atoms with van der Waals surface area (Å²) in [5.41, 5.74) is 0.873. The number of rotatable bonds is 5. The molecule has 0 fully saturated rings. The fourth-order valence-corrected chi connectivity index (χ4v) is 3.57. The predicted octanol–water partition coefficient (Wildman–Crippen LogP) is 4.92. The summed E-state index contributed by atoms with van der Waals surface area (Å²) in [5, 5.41) is 4.41. The summed E-state index contributed by atoms with van der Waals surface area (Å²) in [6, 6.07) is 1.35. The minimum absolute atomic E-state index is 0.0782. The van der Waals surface area contributed by atoms with Gasteiger partial charge in [-0.25, -0.2) is 4.98 Å². The molecule has 3 nitrogen and oxygen atoms in total. The molecule has 0 aliphatic heterocycles. The van der Waals surface area contributed by atoms with Crippen molar-refractivity contribution in [3.63, 3.8) is 0 Å². The highest BCUT2D eigenvalue weighted by atomic mass is 32.1. The quantitative estimate of drug-likeness (QED) is 0.756. The number of thiazole rings is 1. The van der Waals surface area contributed by atoms with Crippen molar-refractivity contribution in [2.24, 2.45) is 5.92 Å². The molecule has 0 aromatic carbocycles. The van der Waals surface area contributed by atoms with Crippen LogP contribution in [0.15, 0.2) is 23.0 Å². The minimum atomic E-state index is -4.43. The zero-order valence-corrected chi connectivity index (χ0v) is 14.6. The van der Waals surface area contributed by atoms with Crippen LogP contribution >= 0.6 is 22.7 Å². The Kier molecular flexibility index (Phi) is 5.46. The fourth-order valence-electron chi connectivity index (χ4n) is 1.99. The SMILES string of the molecule is CC(C)[C@H](C)N(CC(F)(F)F)C(=O)c1cnc(-c2ccsc2)s1. The zero-order chi connectivity index (χ0) is 17.2. The molecule has 0 bridgehead atoms. The second-order valence-electron chi connectivity index (χ2n) is 5.57. The summed E-state index contributed by atoms with van der Waals surface area (Å²) in [6.07, 6.45) is -3.07. The molecule has 0 spiro atoms. The van der Waals surface area contributed by atoms with Crippen LogP contribution in [0.1, 0.15) is 30.4 Å². The van der Waals surface area contributed by atoms with Crippen molar-refractivity contribution in [2.75, 3.05) is 6.54 Å². The highest BCUT2D eigenvalue weighted by molar-refractivity contribution is 7.17. The van der Waals surface area contributed by atoms with Crippen LogP contribution in [0.2, 0.25) is 0 Å². The number of hydrogen-bond donors (Lipinski definition) is 0. The van der Waals surface area contributed by atoms with E-state index in [0.717, 1.165) is 21.8 Å². The Bertz CT molecular complexity index is 650. The number of carbonyl (C=O) groups is 1. The molecule has 0 saturated carbocycles. The summed E-state index contributed by atoms with van der Waals surface area (Å²) >= 11 is 2.62. The molecule has 126 valence electrons. The minimum Gasteiger partial charge on any atom is -0.326 e. The van der Waals surface area contributed by atoms with Crippen molar-refractivity contribution < 1.29 is 18.0 Å². The lowest BCUT2D eigenvalue weighted by Crippen LogP contribution is -2.46. The molecular weight excluding hydrogens is 345 g/mol. The lowest BCUT2D eigenvalue weighted by Gasteiger charge is -2.32. The number of hydrogen-bond acceptors (Lipinski definition) is 4. The Morgan fingerprint density at radius 2 is 2.04 bits per heavy atom. The van der Waals surface area contributed by atoms with Gasteiger partial charge in [0, 0.05) is 17.0 Å². The van der Waals surface area contributed by atoms with E-state index in [1.165, 1.54) is 17.5 Å². The molecule has 0 radical (unpaired) electrons. The first-order valence-corrected chi connectivity index (χ1v) is 8.81. The first-order valence-electron chi connectivity index (χ1n) is 7.05. The zero-order valence-electron chi connectivity index (χ0n) is 12.9. The lowest BCUT2D eigenvalue weighted by molar-refractivity contribution is -0.145. The first kappa shape index (κ1) is 17.9. The van der Waals surface area contributed by atoms with Crippen LogP contribution in [0.25, 0.3) is 10.6 Å². The van der Waals surface area contributed by atoms with Crippen LogP contribution in [0, 0.1) is 5.92 Å². The first-order chi connectivity index (χ1) is 10.7. The van der Waals surface area contributed by atoms with E-state index in [-0.39, 0.29) is 10.8 Å². The molecule has 0 N–H and O–H groups in total. The van der Waals surface area contributed by atoms with Gasteiger partial charge >= 0.3 is 6.18 Å². The summed E-state index contributed by atoms with van der Waals surface area (Å²) in [4.78, 5) is 17.8. The van der Waals surface area contributed by atoms with E-state index in [2.05, 4.69) is 4.98 Å². The van der Waals surface area contributed by atoms with E-state index < -0.39 is 24.7 Å². The Balaban J connectivity index is 2.26. The van der Waals surface area contributed by atoms with Gasteiger partial charge in [0.1, 0.15) is 16.4 Å². The second-order valence-corrected chi connectivity index (χ2v) is 7.39. The number of carbonyl (C=O) groups excluding carboxylic acids is 1. The molecule has 0 aliphatic rings. The average Bonchev–Trinajstić information content (AvgIpc) is 3.12. The van der Waals surface area contributed by atoms with Crippen molar-refractivity contribution in [3.05, 3.63) is 27.9 Å². The van der Waals surface area contributed by atoms with E-state index in [1.807, 2.05) is 16.8 Å². The average molecular weight is 362 g/mol. The van der Waals surface area contributed by atoms with Gasteiger partial charge in [-0.1, -0.05) is 13.8 Å². The van der Waals surface area contributed by atoms with Gasteiger partial charge in [0.15, 0.2) is 0 Å². The standard InChI is InChI=1S/C15H17F3N2OS2/c1-9(2)10(3)20(8-15(16,17)18)14(21)12-6-19-13(23-12)11-4-5-22-7-11/h4-7,9-10H,8H2,1-3H3/t10-/m0/s1. The summed E-state index contributed by atoms with van der Waals surface area (Å²) in [7, 11) is 0. The highest BCUT2D eigenvalue weighted by Gasteiger charge is 2.37. The van der Waals surface area contributed by atoms with Gasteiger partial charge in [-0.2, -0.15) is 24.5 Å². The molecule has 0 aliphatic carbocycles. The van der Waals surface area contributed by atoms with E-state index in [9.17, 15) is 18.0 Å². The predicted molar refractivity (Wildman–Crippen MR) is 86.8 cm³/mol. The largest absolute Gasteiger partial charge is 0.406 e. The topological polar surface area (TPSA) is 33.2 Å². The second kappa shape index (κ2) is 7.00. The van der Waals surface area contributed by atoms with Crippen molar-refractivity contribution >= 4 is 28.6 Å². The number of thiophene rings is 1. The molecule has 0 saturated heterocycles. The number of amides is 1. The number of nitrogens with zero attached hydrogens (tertiary/aromatic N) is 2. The normalized spacial score (nSPS) is 13.3. The number of aromatic nitrogens is 1. The van der Waals surface area contributed by atoms with Crippen molar-refractivity contribution in [3.8, 4) is 10.6 Å². The van der Waals surface area contributed by atoms with Gasteiger partial charge in [-0.05, 0) is 24.3 Å². The van der Waals surface area contributed by atoms with Crippen LogP contribution in [0.5, 0.6) is 0 Å². The Morgan fingerprint density at radius 1 is 1.35 bits per heavy atom. The lowest BCUT2D eigenvalue weighted by atomic mass is 10.0. The maximum absolute atomic E-state index is 12.8. The van der Waals surface area contributed by atoms with Gasteiger partial charge in [-0.3, -0.25) is 4.79 Å². The monoisotopic (exact) mass is 362 g/mol. The van der Waals surface area contributed by atoms with Gasteiger partial charge in [-0.15, -0.1) is 11.3 Å². The summed E-state index contributed by atoms with van der Waals surface area (Å²) in [5.74, 6) is -0.701.